The fourth-order valence-electron chi connectivity index (χ4n) is 1.75. The number of amides is 2. The Labute approximate surface area is 104 Å². The maximum absolute atomic E-state index is 11.5. The van der Waals surface area contributed by atoms with Crippen molar-refractivity contribution in [3.05, 3.63) is 11.8 Å². The Kier molecular flexibility index (Phi) is 6.05. The third-order valence-electron chi connectivity index (χ3n) is 3.26. The van der Waals surface area contributed by atoms with Gasteiger partial charge in [0.15, 0.2) is 0 Å². The van der Waals surface area contributed by atoms with E-state index in [1.165, 1.54) is 18.4 Å². The largest absolute Gasteiger partial charge is 0.337 e. The molecule has 17 heavy (non-hydrogen) atoms. The molecule has 4 heteroatoms. The fraction of sp³-hybridized carbons (Fsp3) is 0.769. The molecular formula is C13H25N3O. The van der Waals surface area contributed by atoms with E-state index >= 15 is 0 Å². The van der Waals surface area contributed by atoms with Gasteiger partial charge in [-0.15, -0.1) is 0 Å². The summed E-state index contributed by atoms with van der Waals surface area (Å²) in [7, 11) is 0. The van der Waals surface area contributed by atoms with Gasteiger partial charge in [0.1, 0.15) is 0 Å². The molecule has 0 radical (unpaired) electrons. The van der Waals surface area contributed by atoms with Crippen LogP contribution in [-0.2, 0) is 0 Å². The number of nitrogens with zero attached hydrogens (tertiary/aromatic N) is 1. The zero-order valence-corrected chi connectivity index (χ0v) is 11.3. The Morgan fingerprint density at radius 3 is 2.53 bits per heavy atom. The van der Waals surface area contributed by atoms with Crippen molar-refractivity contribution < 1.29 is 4.79 Å². The van der Waals surface area contributed by atoms with Gasteiger partial charge in [0.05, 0.1) is 0 Å². The van der Waals surface area contributed by atoms with E-state index in [-0.39, 0.29) is 6.03 Å². The molecule has 0 unspecified atom stereocenters. The summed E-state index contributed by atoms with van der Waals surface area (Å²) < 4.78 is 0. The number of hydrogen-bond acceptors (Lipinski definition) is 2. The maximum Gasteiger partial charge on any atom is 0.318 e. The van der Waals surface area contributed by atoms with Crippen molar-refractivity contribution in [1.29, 1.82) is 0 Å². The predicted molar refractivity (Wildman–Crippen MR) is 70.8 cm³/mol. The van der Waals surface area contributed by atoms with Gasteiger partial charge < -0.3 is 15.5 Å². The molecule has 0 spiro atoms. The summed E-state index contributed by atoms with van der Waals surface area (Å²) in [5.74, 6) is 0.714. The third kappa shape index (κ3) is 5.73. The first kappa shape index (κ1) is 14.0. The molecule has 2 amide bonds. The van der Waals surface area contributed by atoms with E-state index in [1.807, 2.05) is 6.20 Å². The second kappa shape index (κ2) is 7.33. The molecule has 2 N–H and O–H groups in total. The van der Waals surface area contributed by atoms with Gasteiger partial charge in [-0.3, -0.25) is 0 Å². The van der Waals surface area contributed by atoms with Crippen molar-refractivity contribution in [1.82, 2.24) is 15.5 Å². The molecule has 98 valence electrons. The van der Waals surface area contributed by atoms with Crippen LogP contribution in [0.2, 0.25) is 0 Å². The lowest BCUT2D eigenvalue weighted by Crippen LogP contribution is -2.38. The second-order valence-corrected chi connectivity index (χ2v) is 4.59. The Hall–Kier alpha value is -1.03. The SMILES string of the molecule is CCN(CC)CCNC(=O)N/C=C(\C)C1CC1. The van der Waals surface area contributed by atoms with Gasteiger partial charge in [-0.05, 0) is 38.8 Å². The standard InChI is InChI=1S/C13H25N3O/c1-4-16(5-2)9-8-14-13(17)15-10-11(3)12-6-7-12/h10,12H,4-9H2,1-3H3,(H2,14,15,17)/b11-10+. The minimum absolute atomic E-state index is 0.0999. The Morgan fingerprint density at radius 1 is 1.35 bits per heavy atom. The molecule has 0 heterocycles. The summed E-state index contributed by atoms with van der Waals surface area (Å²) in [6, 6.07) is -0.0999. The number of likely N-dealkylation sites (N-methyl/N-ethyl adjacent to an activating group) is 1. The van der Waals surface area contributed by atoms with Crippen LogP contribution in [0.4, 0.5) is 4.79 Å². The molecule has 4 nitrogen and oxygen atoms in total. The number of carbonyl (C=O) groups excluding carboxylic acids is 1. The highest BCUT2D eigenvalue weighted by molar-refractivity contribution is 5.74. The summed E-state index contributed by atoms with van der Waals surface area (Å²) in [6.45, 7) is 10.0. The fourth-order valence-corrected chi connectivity index (χ4v) is 1.75. The minimum atomic E-state index is -0.0999. The van der Waals surface area contributed by atoms with Crippen LogP contribution in [0.3, 0.4) is 0 Å². The first-order chi connectivity index (χ1) is 8.17. The second-order valence-electron chi connectivity index (χ2n) is 4.59. The van der Waals surface area contributed by atoms with Crippen molar-refractivity contribution in [3.63, 3.8) is 0 Å². The van der Waals surface area contributed by atoms with Gasteiger partial charge in [-0.1, -0.05) is 19.4 Å². The number of allylic oxidation sites excluding steroid dienone is 1. The average molecular weight is 239 g/mol. The normalized spacial score (nSPS) is 16.1. The van der Waals surface area contributed by atoms with Gasteiger partial charge in [-0.25, -0.2) is 4.79 Å². The van der Waals surface area contributed by atoms with Gasteiger partial charge in [-0.2, -0.15) is 0 Å². The molecule has 1 fully saturated rings. The van der Waals surface area contributed by atoms with Crippen LogP contribution in [0.1, 0.15) is 33.6 Å². The van der Waals surface area contributed by atoms with Crippen LogP contribution in [-0.4, -0.2) is 37.1 Å². The van der Waals surface area contributed by atoms with Gasteiger partial charge in [0, 0.05) is 19.3 Å². The lowest BCUT2D eigenvalue weighted by Gasteiger charge is -2.17. The van der Waals surface area contributed by atoms with E-state index in [9.17, 15) is 4.79 Å². The van der Waals surface area contributed by atoms with Gasteiger partial charge >= 0.3 is 6.03 Å². The summed E-state index contributed by atoms with van der Waals surface area (Å²) in [4.78, 5) is 13.7. The number of carbonyl (C=O) groups is 1. The highest BCUT2D eigenvalue weighted by atomic mass is 16.2. The number of nitrogens with one attached hydrogen (secondary N) is 2. The van der Waals surface area contributed by atoms with Crippen molar-refractivity contribution in [2.24, 2.45) is 5.92 Å². The van der Waals surface area contributed by atoms with Crippen LogP contribution < -0.4 is 10.6 Å². The molecule has 1 aliphatic carbocycles. The highest BCUT2D eigenvalue weighted by Crippen LogP contribution is 2.35. The van der Waals surface area contributed by atoms with Gasteiger partial charge in [0.2, 0.25) is 0 Å². The molecule has 0 bridgehead atoms. The lowest BCUT2D eigenvalue weighted by molar-refractivity contribution is 0.240. The molecule has 1 aliphatic rings. The molecule has 1 saturated carbocycles. The van der Waals surface area contributed by atoms with E-state index in [0.717, 1.165) is 19.6 Å². The molecule has 0 aliphatic heterocycles. The Morgan fingerprint density at radius 2 is 2.00 bits per heavy atom. The monoisotopic (exact) mass is 239 g/mol. The highest BCUT2D eigenvalue weighted by Gasteiger charge is 2.22. The lowest BCUT2D eigenvalue weighted by atomic mass is 10.2. The van der Waals surface area contributed by atoms with Crippen molar-refractivity contribution >= 4 is 6.03 Å². The van der Waals surface area contributed by atoms with E-state index < -0.39 is 0 Å². The van der Waals surface area contributed by atoms with E-state index in [2.05, 4.69) is 36.3 Å². The number of urea groups is 1. The number of hydrogen-bond donors (Lipinski definition) is 2. The summed E-state index contributed by atoms with van der Waals surface area (Å²) in [6.07, 6.45) is 4.38. The summed E-state index contributed by atoms with van der Waals surface area (Å²) in [5.41, 5.74) is 1.28. The quantitative estimate of drug-likeness (QED) is 0.713. The Balaban J connectivity index is 2.10. The van der Waals surface area contributed by atoms with E-state index in [0.29, 0.717) is 12.5 Å². The van der Waals surface area contributed by atoms with Crippen molar-refractivity contribution in [3.8, 4) is 0 Å². The molecule has 0 saturated heterocycles. The zero-order valence-electron chi connectivity index (χ0n) is 11.3. The van der Waals surface area contributed by atoms with Gasteiger partial charge in [0.25, 0.3) is 0 Å². The summed E-state index contributed by atoms with van der Waals surface area (Å²) >= 11 is 0. The topological polar surface area (TPSA) is 44.4 Å². The average Bonchev–Trinajstić information content (AvgIpc) is 3.15. The molecule has 0 aromatic carbocycles. The minimum Gasteiger partial charge on any atom is -0.337 e. The summed E-state index contributed by atoms with van der Waals surface area (Å²) in [5, 5.41) is 5.64. The third-order valence-corrected chi connectivity index (χ3v) is 3.26. The predicted octanol–water partition coefficient (Wildman–Crippen LogP) is 1.94. The maximum atomic E-state index is 11.5. The first-order valence-electron chi connectivity index (χ1n) is 6.60. The van der Waals surface area contributed by atoms with Crippen LogP contribution in [0.25, 0.3) is 0 Å². The smallest absolute Gasteiger partial charge is 0.318 e. The molecule has 1 rings (SSSR count). The Bertz CT molecular complexity index is 268. The van der Waals surface area contributed by atoms with E-state index in [4.69, 9.17) is 0 Å². The molecule has 0 aromatic heterocycles. The first-order valence-corrected chi connectivity index (χ1v) is 6.60. The zero-order chi connectivity index (χ0) is 12.7. The molecule has 0 aromatic rings. The van der Waals surface area contributed by atoms with Crippen LogP contribution >= 0.6 is 0 Å². The van der Waals surface area contributed by atoms with Crippen LogP contribution in [0.15, 0.2) is 11.8 Å². The van der Waals surface area contributed by atoms with Crippen molar-refractivity contribution in [2.45, 2.75) is 33.6 Å². The van der Waals surface area contributed by atoms with Crippen LogP contribution in [0.5, 0.6) is 0 Å². The van der Waals surface area contributed by atoms with E-state index in [1.54, 1.807) is 0 Å². The van der Waals surface area contributed by atoms with Crippen LogP contribution in [0, 0.1) is 5.92 Å². The molecule has 0 atom stereocenters. The van der Waals surface area contributed by atoms with Crippen molar-refractivity contribution in [2.75, 3.05) is 26.2 Å². The number of rotatable bonds is 7. The molecular weight excluding hydrogens is 214 g/mol.